The van der Waals surface area contributed by atoms with Crippen LogP contribution in [0.1, 0.15) is 22.5 Å². The quantitative estimate of drug-likeness (QED) is 0.855. The number of aromatic nitrogens is 1. The number of thiazole rings is 1. The fourth-order valence-corrected chi connectivity index (χ4v) is 4.12. The maximum Gasteiger partial charge on any atom is 0.0897 e. The van der Waals surface area contributed by atoms with Crippen molar-refractivity contribution in [1.29, 1.82) is 0 Å². The Hall–Kier alpha value is -0.230. The van der Waals surface area contributed by atoms with Crippen molar-refractivity contribution in [3.05, 3.63) is 36.9 Å². The molecule has 0 amide bonds. The van der Waals surface area contributed by atoms with Crippen molar-refractivity contribution in [2.45, 2.75) is 32.7 Å². The maximum atomic E-state index is 4.55. The van der Waals surface area contributed by atoms with Gasteiger partial charge in [-0.25, -0.2) is 4.98 Å². The van der Waals surface area contributed by atoms with E-state index < -0.39 is 0 Å². The largest absolute Gasteiger partial charge is 0.314 e. The van der Waals surface area contributed by atoms with Gasteiger partial charge in [0.15, 0.2) is 0 Å². The SMILES string of the molecule is CCNC(Cc1csc(C)n1)Cc1cc(Br)cs1. The van der Waals surface area contributed by atoms with Gasteiger partial charge in [-0.05, 0) is 41.9 Å². The van der Waals surface area contributed by atoms with E-state index in [1.807, 2.05) is 11.3 Å². The van der Waals surface area contributed by atoms with E-state index in [-0.39, 0.29) is 0 Å². The standard InChI is InChI=1S/C13H17BrN2S2/c1-3-15-11(5-12-8-17-9(2)16-12)6-13-4-10(14)7-18-13/h4,7-8,11,15H,3,5-6H2,1-2H3. The molecule has 0 radical (unpaired) electrons. The number of halogens is 1. The van der Waals surface area contributed by atoms with Crippen molar-refractivity contribution in [2.75, 3.05) is 6.54 Å². The molecular formula is C13H17BrN2S2. The summed E-state index contributed by atoms with van der Waals surface area (Å²) in [6.45, 7) is 5.22. The summed E-state index contributed by atoms with van der Waals surface area (Å²) in [4.78, 5) is 5.97. The van der Waals surface area contributed by atoms with E-state index in [2.05, 4.69) is 56.9 Å². The molecule has 98 valence electrons. The third-order valence-electron chi connectivity index (χ3n) is 2.68. The Balaban J connectivity index is 1.99. The summed E-state index contributed by atoms with van der Waals surface area (Å²) in [6, 6.07) is 2.68. The van der Waals surface area contributed by atoms with Gasteiger partial charge in [-0.3, -0.25) is 0 Å². The van der Waals surface area contributed by atoms with Crippen molar-refractivity contribution < 1.29 is 0 Å². The summed E-state index contributed by atoms with van der Waals surface area (Å²) in [7, 11) is 0. The Morgan fingerprint density at radius 3 is 2.72 bits per heavy atom. The molecule has 0 fully saturated rings. The molecule has 2 nitrogen and oxygen atoms in total. The molecule has 0 aromatic carbocycles. The van der Waals surface area contributed by atoms with Crippen molar-refractivity contribution in [3.8, 4) is 0 Å². The van der Waals surface area contributed by atoms with E-state index >= 15 is 0 Å². The van der Waals surface area contributed by atoms with Crippen molar-refractivity contribution in [1.82, 2.24) is 10.3 Å². The van der Waals surface area contributed by atoms with Gasteiger partial charge in [0.25, 0.3) is 0 Å². The second-order valence-electron chi connectivity index (χ2n) is 4.25. The highest BCUT2D eigenvalue weighted by molar-refractivity contribution is 9.10. The predicted octanol–water partition coefficient (Wildman–Crippen LogP) is 4.04. The van der Waals surface area contributed by atoms with Crippen molar-refractivity contribution in [2.24, 2.45) is 0 Å². The lowest BCUT2D eigenvalue weighted by atomic mass is 10.1. The van der Waals surface area contributed by atoms with Crippen LogP contribution in [0.4, 0.5) is 0 Å². The molecule has 2 aromatic heterocycles. The van der Waals surface area contributed by atoms with E-state index in [1.165, 1.54) is 15.0 Å². The Kier molecular flexibility index (Phi) is 5.36. The van der Waals surface area contributed by atoms with Crippen LogP contribution < -0.4 is 5.32 Å². The molecule has 0 aliphatic rings. The van der Waals surface area contributed by atoms with Gasteiger partial charge in [-0.2, -0.15) is 0 Å². The van der Waals surface area contributed by atoms with Gasteiger partial charge >= 0.3 is 0 Å². The maximum absolute atomic E-state index is 4.55. The van der Waals surface area contributed by atoms with E-state index in [0.29, 0.717) is 6.04 Å². The summed E-state index contributed by atoms with van der Waals surface area (Å²) in [5.41, 5.74) is 1.21. The van der Waals surface area contributed by atoms with Gasteiger partial charge < -0.3 is 5.32 Å². The number of nitrogens with zero attached hydrogens (tertiary/aromatic N) is 1. The lowest BCUT2D eigenvalue weighted by Gasteiger charge is -2.15. The molecule has 0 aliphatic carbocycles. The van der Waals surface area contributed by atoms with E-state index in [4.69, 9.17) is 0 Å². The van der Waals surface area contributed by atoms with Gasteiger partial charge in [-0.15, -0.1) is 22.7 Å². The highest BCUT2D eigenvalue weighted by atomic mass is 79.9. The third kappa shape index (κ3) is 4.16. The van der Waals surface area contributed by atoms with Crippen molar-refractivity contribution >= 4 is 38.6 Å². The molecule has 0 aliphatic heterocycles. The van der Waals surface area contributed by atoms with Crippen LogP contribution in [0.3, 0.4) is 0 Å². The summed E-state index contributed by atoms with van der Waals surface area (Å²) in [5.74, 6) is 0. The average Bonchev–Trinajstić information content (AvgIpc) is 2.89. The number of hydrogen-bond donors (Lipinski definition) is 1. The Morgan fingerprint density at radius 1 is 1.33 bits per heavy atom. The second-order valence-corrected chi connectivity index (χ2v) is 7.23. The normalized spacial score (nSPS) is 12.8. The monoisotopic (exact) mass is 344 g/mol. The van der Waals surface area contributed by atoms with Crippen LogP contribution in [0.15, 0.2) is 21.3 Å². The Bertz CT molecular complexity index is 450. The highest BCUT2D eigenvalue weighted by Gasteiger charge is 2.12. The molecule has 2 heterocycles. The van der Waals surface area contributed by atoms with Crippen LogP contribution in [0, 0.1) is 6.92 Å². The number of rotatable bonds is 6. The first-order valence-electron chi connectivity index (χ1n) is 6.04. The first-order chi connectivity index (χ1) is 8.67. The zero-order valence-electron chi connectivity index (χ0n) is 10.6. The smallest absolute Gasteiger partial charge is 0.0897 e. The van der Waals surface area contributed by atoms with Gasteiger partial charge in [0.1, 0.15) is 0 Å². The summed E-state index contributed by atoms with van der Waals surface area (Å²) in [6.07, 6.45) is 2.08. The number of aryl methyl sites for hydroxylation is 1. The van der Waals surface area contributed by atoms with Crippen LogP contribution in [-0.4, -0.2) is 17.6 Å². The zero-order chi connectivity index (χ0) is 13.0. The van der Waals surface area contributed by atoms with Gasteiger partial charge in [0, 0.05) is 32.6 Å². The molecule has 2 aromatic rings. The minimum absolute atomic E-state index is 0.474. The first kappa shape index (κ1) is 14.2. The first-order valence-corrected chi connectivity index (χ1v) is 8.60. The number of hydrogen-bond acceptors (Lipinski definition) is 4. The van der Waals surface area contributed by atoms with Crippen LogP contribution >= 0.6 is 38.6 Å². The number of nitrogens with one attached hydrogen (secondary N) is 1. The molecular weight excluding hydrogens is 328 g/mol. The van der Waals surface area contributed by atoms with Crippen molar-refractivity contribution in [3.63, 3.8) is 0 Å². The minimum atomic E-state index is 0.474. The topological polar surface area (TPSA) is 24.9 Å². The molecule has 0 saturated heterocycles. The molecule has 1 atom stereocenters. The molecule has 1 unspecified atom stereocenters. The molecule has 0 bridgehead atoms. The minimum Gasteiger partial charge on any atom is -0.314 e. The lowest BCUT2D eigenvalue weighted by Crippen LogP contribution is -2.32. The lowest BCUT2D eigenvalue weighted by molar-refractivity contribution is 0.520. The third-order valence-corrected chi connectivity index (χ3v) is 5.23. The fourth-order valence-electron chi connectivity index (χ4n) is 1.96. The van der Waals surface area contributed by atoms with Crippen LogP contribution in [-0.2, 0) is 12.8 Å². The molecule has 0 saturated carbocycles. The van der Waals surface area contributed by atoms with Gasteiger partial charge in [0.05, 0.1) is 10.7 Å². The molecule has 0 spiro atoms. The second kappa shape index (κ2) is 6.80. The molecule has 2 rings (SSSR count). The number of thiophene rings is 1. The van der Waals surface area contributed by atoms with Crippen LogP contribution in [0.5, 0.6) is 0 Å². The average molecular weight is 345 g/mol. The van der Waals surface area contributed by atoms with E-state index in [1.54, 1.807) is 11.3 Å². The van der Waals surface area contributed by atoms with E-state index in [9.17, 15) is 0 Å². The van der Waals surface area contributed by atoms with Gasteiger partial charge in [0.2, 0.25) is 0 Å². The molecule has 1 N–H and O–H groups in total. The molecule has 18 heavy (non-hydrogen) atoms. The highest BCUT2D eigenvalue weighted by Crippen LogP contribution is 2.22. The van der Waals surface area contributed by atoms with E-state index in [0.717, 1.165) is 24.4 Å². The Labute approximate surface area is 125 Å². The predicted molar refractivity (Wildman–Crippen MR) is 83.7 cm³/mol. The summed E-state index contributed by atoms with van der Waals surface area (Å²) in [5, 5.41) is 9.02. The Morgan fingerprint density at radius 2 is 2.17 bits per heavy atom. The molecule has 5 heteroatoms. The summed E-state index contributed by atoms with van der Waals surface area (Å²) < 4.78 is 1.18. The van der Waals surface area contributed by atoms with Crippen LogP contribution in [0.2, 0.25) is 0 Å². The zero-order valence-corrected chi connectivity index (χ0v) is 13.8. The number of likely N-dealkylation sites (N-methyl/N-ethyl adjacent to an activating group) is 1. The van der Waals surface area contributed by atoms with Gasteiger partial charge in [-0.1, -0.05) is 6.92 Å². The summed E-state index contributed by atoms with van der Waals surface area (Å²) >= 11 is 7.06. The fraction of sp³-hybridized carbons (Fsp3) is 0.462. The van der Waals surface area contributed by atoms with Crippen LogP contribution in [0.25, 0.3) is 0 Å².